The molecule has 1 aromatic rings. The third-order valence-corrected chi connectivity index (χ3v) is 4.50. The van der Waals surface area contributed by atoms with Crippen molar-refractivity contribution >= 4 is 0 Å². The fourth-order valence-electron chi connectivity index (χ4n) is 2.90. The highest BCUT2D eigenvalue weighted by Crippen LogP contribution is 2.53. The Morgan fingerprint density at radius 2 is 1.86 bits per heavy atom. The number of benzene rings is 1. The first-order valence-corrected chi connectivity index (χ1v) is 6.54. The third-order valence-electron chi connectivity index (χ3n) is 4.50. The SMILES string of the molecule is CC1C(c2ccc(F)c3c2OCO3)CO[C@@]1(C)C(F)(F)F. The molecular weight excluding hydrogens is 292 g/mol. The van der Waals surface area contributed by atoms with Crippen LogP contribution >= 0.6 is 0 Å². The average Bonchev–Trinajstić information content (AvgIpc) is 2.99. The minimum absolute atomic E-state index is 0.0414. The second-order valence-corrected chi connectivity index (χ2v) is 5.51. The van der Waals surface area contributed by atoms with E-state index in [1.54, 1.807) is 0 Å². The Hall–Kier alpha value is -1.50. The summed E-state index contributed by atoms with van der Waals surface area (Å²) in [5.41, 5.74) is -1.73. The first kappa shape index (κ1) is 14.4. The van der Waals surface area contributed by atoms with E-state index >= 15 is 0 Å². The molecule has 3 atom stereocenters. The van der Waals surface area contributed by atoms with Gasteiger partial charge in [0.1, 0.15) is 0 Å². The maximum absolute atomic E-state index is 13.6. The van der Waals surface area contributed by atoms with E-state index in [1.165, 1.54) is 19.1 Å². The maximum Gasteiger partial charge on any atom is 0.417 e. The van der Waals surface area contributed by atoms with Gasteiger partial charge in [-0.3, -0.25) is 0 Å². The second-order valence-electron chi connectivity index (χ2n) is 5.51. The van der Waals surface area contributed by atoms with E-state index < -0.39 is 29.4 Å². The van der Waals surface area contributed by atoms with Crippen molar-refractivity contribution in [3.05, 3.63) is 23.5 Å². The zero-order valence-electron chi connectivity index (χ0n) is 11.5. The molecule has 7 heteroatoms. The van der Waals surface area contributed by atoms with Crippen LogP contribution < -0.4 is 9.47 Å². The number of halogens is 4. The molecule has 2 aliphatic rings. The van der Waals surface area contributed by atoms with Crippen molar-refractivity contribution in [1.29, 1.82) is 0 Å². The largest absolute Gasteiger partial charge is 0.453 e. The van der Waals surface area contributed by atoms with Crippen LogP contribution in [0.1, 0.15) is 25.3 Å². The second kappa shape index (κ2) is 4.50. The van der Waals surface area contributed by atoms with E-state index in [-0.39, 0.29) is 24.9 Å². The molecule has 2 aliphatic heterocycles. The van der Waals surface area contributed by atoms with Crippen molar-refractivity contribution in [2.24, 2.45) is 5.92 Å². The Morgan fingerprint density at radius 3 is 2.48 bits per heavy atom. The highest BCUT2D eigenvalue weighted by Gasteiger charge is 2.61. The van der Waals surface area contributed by atoms with Gasteiger partial charge in [-0.2, -0.15) is 13.2 Å². The van der Waals surface area contributed by atoms with Gasteiger partial charge in [0.2, 0.25) is 12.5 Å². The molecule has 0 spiro atoms. The molecule has 116 valence electrons. The highest BCUT2D eigenvalue weighted by atomic mass is 19.4. The van der Waals surface area contributed by atoms with Gasteiger partial charge in [0.05, 0.1) is 6.61 Å². The van der Waals surface area contributed by atoms with E-state index in [2.05, 4.69) is 0 Å². The summed E-state index contributed by atoms with van der Waals surface area (Å²) in [7, 11) is 0. The fourth-order valence-corrected chi connectivity index (χ4v) is 2.90. The van der Waals surface area contributed by atoms with Crippen LogP contribution in [0.3, 0.4) is 0 Å². The van der Waals surface area contributed by atoms with Crippen LogP contribution in [-0.2, 0) is 4.74 Å². The smallest absolute Gasteiger partial charge is 0.417 e. The lowest BCUT2D eigenvalue weighted by Crippen LogP contribution is -2.46. The summed E-state index contributed by atoms with van der Waals surface area (Å²) >= 11 is 0. The number of hydrogen-bond acceptors (Lipinski definition) is 3. The van der Waals surface area contributed by atoms with E-state index in [1.807, 2.05) is 0 Å². The molecule has 0 aliphatic carbocycles. The first-order valence-electron chi connectivity index (χ1n) is 6.54. The topological polar surface area (TPSA) is 27.7 Å². The summed E-state index contributed by atoms with van der Waals surface area (Å²) in [5.74, 6) is -1.80. The molecule has 0 amide bonds. The minimum atomic E-state index is -4.47. The molecule has 0 saturated carbocycles. The van der Waals surface area contributed by atoms with Crippen LogP contribution in [0, 0.1) is 11.7 Å². The van der Waals surface area contributed by atoms with Crippen molar-refractivity contribution in [3.63, 3.8) is 0 Å². The van der Waals surface area contributed by atoms with Gasteiger partial charge >= 0.3 is 6.18 Å². The molecule has 1 saturated heterocycles. The zero-order chi connectivity index (χ0) is 15.4. The Balaban J connectivity index is 1.99. The molecule has 1 aromatic carbocycles. The monoisotopic (exact) mass is 306 g/mol. The van der Waals surface area contributed by atoms with E-state index in [0.717, 1.165) is 6.92 Å². The molecule has 2 unspecified atom stereocenters. The summed E-state index contributed by atoms with van der Waals surface area (Å²) in [6, 6.07) is 2.62. The number of hydrogen-bond donors (Lipinski definition) is 0. The fraction of sp³-hybridized carbons (Fsp3) is 0.571. The van der Waals surface area contributed by atoms with Gasteiger partial charge in [0, 0.05) is 17.4 Å². The van der Waals surface area contributed by atoms with Crippen LogP contribution in [0.2, 0.25) is 0 Å². The normalized spacial score (nSPS) is 31.7. The Labute approximate surface area is 118 Å². The molecule has 0 radical (unpaired) electrons. The van der Waals surface area contributed by atoms with E-state index in [4.69, 9.17) is 14.2 Å². The maximum atomic E-state index is 13.6. The van der Waals surface area contributed by atoms with Gasteiger partial charge in [0.15, 0.2) is 17.2 Å². The Bertz CT molecular complexity index is 572. The molecule has 0 N–H and O–H groups in total. The average molecular weight is 306 g/mol. The van der Waals surface area contributed by atoms with Crippen LogP contribution in [0.15, 0.2) is 12.1 Å². The Kier molecular flexibility index (Phi) is 3.09. The number of fused-ring (bicyclic) bond motifs is 1. The molecule has 0 aromatic heterocycles. The molecule has 3 rings (SSSR count). The zero-order valence-corrected chi connectivity index (χ0v) is 11.5. The number of ether oxygens (including phenoxy) is 3. The van der Waals surface area contributed by atoms with Crippen LogP contribution in [0.5, 0.6) is 11.5 Å². The van der Waals surface area contributed by atoms with Crippen LogP contribution in [0.25, 0.3) is 0 Å². The van der Waals surface area contributed by atoms with Crippen molar-refractivity contribution in [3.8, 4) is 11.5 Å². The highest BCUT2D eigenvalue weighted by molar-refractivity contribution is 5.51. The molecule has 1 fully saturated rings. The third kappa shape index (κ3) is 1.97. The molecular formula is C14H14F4O3. The van der Waals surface area contributed by atoms with E-state index in [0.29, 0.717) is 5.56 Å². The predicted octanol–water partition coefficient (Wildman–Crippen LogP) is 3.63. The summed E-state index contributed by atoms with van der Waals surface area (Å²) < 4.78 is 68.4. The van der Waals surface area contributed by atoms with Crippen molar-refractivity contribution in [2.75, 3.05) is 13.4 Å². The van der Waals surface area contributed by atoms with Crippen molar-refractivity contribution < 1.29 is 31.8 Å². The van der Waals surface area contributed by atoms with Gasteiger partial charge in [-0.15, -0.1) is 0 Å². The van der Waals surface area contributed by atoms with Crippen LogP contribution in [0.4, 0.5) is 17.6 Å². The molecule has 3 nitrogen and oxygen atoms in total. The minimum Gasteiger partial charge on any atom is -0.453 e. The van der Waals surface area contributed by atoms with E-state index in [9.17, 15) is 17.6 Å². The van der Waals surface area contributed by atoms with Gasteiger partial charge in [0.25, 0.3) is 0 Å². The molecule has 2 heterocycles. The summed E-state index contributed by atoms with van der Waals surface area (Å²) in [5, 5.41) is 0. The summed E-state index contributed by atoms with van der Waals surface area (Å²) in [4.78, 5) is 0. The van der Waals surface area contributed by atoms with Gasteiger partial charge in [-0.1, -0.05) is 13.0 Å². The van der Waals surface area contributed by atoms with Crippen LogP contribution in [-0.4, -0.2) is 25.2 Å². The Morgan fingerprint density at radius 1 is 1.19 bits per heavy atom. The molecule has 21 heavy (non-hydrogen) atoms. The lowest BCUT2D eigenvalue weighted by atomic mass is 9.79. The molecule has 0 bridgehead atoms. The van der Waals surface area contributed by atoms with Gasteiger partial charge < -0.3 is 14.2 Å². The number of rotatable bonds is 1. The van der Waals surface area contributed by atoms with Crippen molar-refractivity contribution in [2.45, 2.75) is 31.5 Å². The van der Waals surface area contributed by atoms with Gasteiger partial charge in [-0.25, -0.2) is 4.39 Å². The standard InChI is InChI=1S/C14H14F4O3/c1-7-9(5-21-13(7,2)14(16,17)18)8-3-4-10(15)12-11(8)19-6-20-12/h3-4,7,9H,5-6H2,1-2H3/t7?,9?,13-/m1/s1. The summed E-state index contributed by atoms with van der Waals surface area (Å²) in [6.07, 6.45) is -4.47. The quantitative estimate of drug-likeness (QED) is 0.742. The van der Waals surface area contributed by atoms with Crippen molar-refractivity contribution in [1.82, 2.24) is 0 Å². The van der Waals surface area contributed by atoms with Gasteiger partial charge in [-0.05, 0) is 13.0 Å². The number of alkyl halides is 3. The lowest BCUT2D eigenvalue weighted by Gasteiger charge is -2.32. The first-order chi connectivity index (χ1) is 9.75. The lowest BCUT2D eigenvalue weighted by molar-refractivity contribution is -0.266. The predicted molar refractivity (Wildman–Crippen MR) is 64.8 cm³/mol. The summed E-state index contributed by atoms with van der Waals surface area (Å²) in [6.45, 7) is 2.29.